The summed E-state index contributed by atoms with van der Waals surface area (Å²) >= 11 is 1.61. The van der Waals surface area contributed by atoms with Crippen LogP contribution >= 0.6 is 35.3 Å². The molecule has 1 aromatic carbocycles. The van der Waals surface area contributed by atoms with Crippen molar-refractivity contribution in [3.63, 3.8) is 0 Å². The highest BCUT2D eigenvalue weighted by atomic mass is 127. The number of aliphatic imine (C=N–C) groups is 1. The molecule has 0 aliphatic rings. The van der Waals surface area contributed by atoms with Crippen molar-refractivity contribution in [1.29, 1.82) is 0 Å². The summed E-state index contributed by atoms with van der Waals surface area (Å²) in [5.74, 6) is 0.727. The van der Waals surface area contributed by atoms with Crippen molar-refractivity contribution in [2.75, 3.05) is 27.7 Å². The van der Waals surface area contributed by atoms with E-state index in [-0.39, 0.29) is 36.0 Å². The average molecular weight is 531 g/mol. The largest absolute Gasteiger partial charge is 0.375 e. The first-order chi connectivity index (χ1) is 13.5. The molecule has 1 amide bonds. The molecule has 9 heteroatoms. The summed E-state index contributed by atoms with van der Waals surface area (Å²) in [5.41, 5.74) is 2.73. The topological polar surface area (TPSA) is 78.9 Å². The Labute approximate surface area is 194 Å². The number of hydrogen-bond acceptors (Lipinski definition) is 5. The van der Waals surface area contributed by atoms with Gasteiger partial charge in [-0.05, 0) is 31.5 Å². The molecule has 0 bridgehead atoms. The molecule has 160 valence electrons. The third kappa shape index (κ3) is 7.56. The third-order valence-electron chi connectivity index (χ3n) is 4.25. The molecule has 2 aromatic rings. The van der Waals surface area contributed by atoms with E-state index in [2.05, 4.69) is 26.0 Å². The summed E-state index contributed by atoms with van der Waals surface area (Å²) in [6, 6.07) is 7.57. The molecule has 0 aliphatic heterocycles. The van der Waals surface area contributed by atoms with Crippen LogP contribution in [-0.2, 0) is 17.8 Å². The first kappa shape index (κ1) is 25.3. The van der Waals surface area contributed by atoms with Crippen LogP contribution in [0.25, 0.3) is 0 Å². The van der Waals surface area contributed by atoms with Gasteiger partial charge in [0.05, 0.1) is 12.2 Å². The van der Waals surface area contributed by atoms with E-state index in [0.717, 1.165) is 22.2 Å². The molecule has 29 heavy (non-hydrogen) atoms. The Hall–Kier alpha value is -1.72. The molecule has 2 rings (SSSR count). The van der Waals surface area contributed by atoms with Gasteiger partial charge in [0.2, 0.25) is 0 Å². The Morgan fingerprint density at radius 1 is 1.31 bits per heavy atom. The van der Waals surface area contributed by atoms with Gasteiger partial charge in [0.15, 0.2) is 5.96 Å². The standard InChI is InChI=1S/C20H29N5O2S.HI/c1-6-22-18(26)16-9-7-15(8-10-16)11-23-20(21-3)25(4)12-17-13-28-19(24-17)14(2)27-5;/h7-10,13-14H,6,11-12H2,1-5H3,(H,21,23)(H,22,26);1H. The number of benzene rings is 1. The molecular weight excluding hydrogens is 501 g/mol. The van der Waals surface area contributed by atoms with Crippen LogP contribution in [0.5, 0.6) is 0 Å². The van der Waals surface area contributed by atoms with Crippen LogP contribution in [0.1, 0.15) is 46.6 Å². The van der Waals surface area contributed by atoms with Crippen molar-refractivity contribution in [1.82, 2.24) is 20.5 Å². The lowest BCUT2D eigenvalue weighted by Crippen LogP contribution is -2.38. The van der Waals surface area contributed by atoms with Gasteiger partial charge in [-0.15, -0.1) is 35.3 Å². The number of nitrogens with one attached hydrogen (secondary N) is 2. The molecule has 0 saturated heterocycles. The molecule has 1 atom stereocenters. The number of nitrogens with zero attached hydrogens (tertiary/aromatic N) is 3. The van der Waals surface area contributed by atoms with Gasteiger partial charge >= 0.3 is 0 Å². The Morgan fingerprint density at radius 2 is 2.00 bits per heavy atom. The number of aromatic nitrogens is 1. The van der Waals surface area contributed by atoms with E-state index in [0.29, 0.717) is 25.2 Å². The van der Waals surface area contributed by atoms with Gasteiger partial charge < -0.3 is 20.3 Å². The molecule has 2 N–H and O–H groups in total. The van der Waals surface area contributed by atoms with Crippen molar-refractivity contribution in [2.24, 2.45) is 4.99 Å². The molecule has 7 nitrogen and oxygen atoms in total. The minimum atomic E-state index is -0.0528. The van der Waals surface area contributed by atoms with E-state index in [9.17, 15) is 4.79 Å². The van der Waals surface area contributed by atoms with E-state index in [1.54, 1.807) is 25.5 Å². The maximum atomic E-state index is 11.8. The number of amides is 1. The lowest BCUT2D eigenvalue weighted by Gasteiger charge is -2.21. The van der Waals surface area contributed by atoms with E-state index >= 15 is 0 Å². The molecule has 1 heterocycles. The van der Waals surface area contributed by atoms with Gasteiger partial charge in [-0.3, -0.25) is 9.79 Å². The zero-order valence-corrected chi connectivity index (χ0v) is 20.7. The molecule has 0 radical (unpaired) electrons. The van der Waals surface area contributed by atoms with Crippen molar-refractivity contribution in [3.05, 3.63) is 51.5 Å². The predicted molar refractivity (Wildman–Crippen MR) is 129 cm³/mol. The van der Waals surface area contributed by atoms with Crippen LogP contribution < -0.4 is 10.6 Å². The molecule has 0 fully saturated rings. The van der Waals surface area contributed by atoms with Gasteiger partial charge in [-0.25, -0.2) is 4.98 Å². The van der Waals surface area contributed by atoms with Gasteiger partial charge in [-0.1, -0.05) is 12.1 Å². The van der Waals surface area contributed by atoms with Gasteiger partial charge in [0, 0.05) is 45.2 Å². The number of rotatable bonds is 8. The normalized spacial score (nSPS) is 12.1. The number of halogens is 1. The second-order valence-electron chi connectivity index (χ2n) is 6.37. The van der Waals surface area contributed by atoms with Crippen molar-refractivity contribution in [2.45, 2.75) is 33.0 Å². The summed E-state index contributed by atoms with van der Waals surface area (Å²) in [7, 11) is 5.43. The van der Waals surface area contributed by atoms with Gasteiger partial charge in [-0.2, -0.15) is 0 Å². The highest BCUT2D eigenvalue weighted by Gasteiger charge is 2.13. The maximum Gasteiger partial charge on any atom is 0.251 e. The fraction of sp³-hybridized carbons (Fsp3) is 0.450. The Morgan fingerprint density at radius 3 is 2.59 bits per heavy atom. The number of carbonyl (C=O) groups is 1. The number of ether oxygens (including phenoxy) is 1. The van der Waals surface area contributed by atoms with Crippen LogP contribution in [0.15, 0.2) is 34.6 Å². The van der Waals surface area contributed by atoms with Crippen molar-refractivity contribution >= 4 is 47.2 Å². The minimum absolute atomic E-state index is 0. The number of thiazole rings is 1. The lowest BCUT2D eigenvalue weighted by molar-refractivity contribution is 0.0956. The van der Waals surface area contributed by atoms with Gasteiger partial charge in [0.1, 0.15) is 11.1 Å². The Bertz CT molecular complexity index is 794. The summed E-state index contributed by atoms with van der Waals surface area (Å²) < 4.78 is 5.32. The minimum Gasteiger partial charge on any atom is -0.375 e. The molecular formula is C20H30IN5O2S. The first-order valence-electron chi connectivity index (χ1n) is 9.24. The third-order valence-corrected chi connectivity index (χ3v) is 5.30. The van der Waals surface area contributed by atoms with Crippen LogP contribution in [0, 0.1) is 0 Å². The summed E-state index contributed by atoms with van der Waals surface area (Å²) in [6.07, 6.45) is 0.00359. The molecule has 0 saturated carbocycles. The van der Waals surface area contributed by atoms with Crippen LogP contribution in [-0.4, -0.2) is 49.5 Å². The monoisotopic (exact) mass is 531 g/mol. The zero-order chi connectivity index (χ0) is 20.5. The van der Waals surface area contributed by atoms with Crippen LogP contribution in [0.4, 0.5) is 0 Å². The molecule has 1 unspecified atom stereocenters. The fourth-order valence-corrected chi connectivity index (χ4v) is 3.44. The van der Waals surface area contributed by atoms with E-state index in [4.69, 9.17) is 4.74 Å². The van der Waals surface area contributed by atoms with E-state index < -0.39 is 0 Å². The van der Waals surface area contributed by atoms with E-state index in [1.165, 1.54) is 0 Å². The zero-order valence-electron chi connectivity index (χ0n) is 17.6. The average Bonchev–Trinajstić information content (AvgIpc) is 3.17. The van der Waals surface area contributed by atoms with Gasteiger partial charge in [0.25, 0.3) is 5.91 Å². The predicted octanol–water partition coefficient (Wildman–Crippen LogP) is 3.43. The van der Waals surface area contributed by atoms with Crippen LogP contribution in [0.2, 0.25) is 0 Å². The second kappa shape index (κ2) is 12.8. The summed E-state index contributed by atoms with van der Waals surface area (Å²) in [4.78, 5) is 22.8. The van der Waals surface area contributed by atoms with E-state index in [1.807, 2.05) is 50.1 Å². The second-order valence-corrected chi connectivity index (χ2v) is 7.26. The SMILES string of the molecule is CCNC(=O)c1ccc(CNC(=NC)N(C)Cc2csc(C(C)OC)n2)cc1.I. The maximum absolute atomic E-state index is 11.8. The smallest absolute Gasteiger partial charge is 0.251 e. The number of guanidine groups is 1. The summed E-state index contributed by atoms with van der Waals surface area (Å²) in [5, 5.41) is 9.17. The number of carbonyl (C=O) groups excluding carboxylic acids is 1. The Kier molecular flexibility index (Phi) is 11.1. The highest BCUT2D eigenvalue weighted by Crippen LogP contribution is 2.20. The fourth-order valence-electron chi connectivity index (χ4n) is 2.60. The van der Waals surface area contributed by atoms with Crippen LogP contribution in [0.3, 0.4) is 0 Å². The number of methoxy groups -OCH3 is 1. The molecule has 0 spiro atoms. The highest BCUT2D eigenvalue weighted by molar-refractivity contribution is 14.0. The molecule has 0 aliphatic carbocycles. The first-order valence-corrected chi connectivity index (χ1v) is 10.1. The lowest BCUT2D eigenvalue weighted by atomic mass is 10.1. The van der Waals surface area contributed by atoms with Crippen molar-refractivity contribution < 1.29 is 9.53 Å². The molecule has 1 aromatic heterocycles. The van der Waals surface area contributed by atoms with Crippen molar-refractivity contribution in [3.8, 4) is 0 Å². The summed E-state index contributed by atoms with van der Waals surface area (Å²) in [6.45, 7) is 5.79. The quantitative estimate of drug-likeness (QED) is 0.310. The Balaban J connectivity index is 0.00000420. The number of hydrogen-bond donors (Lipinski definition) is 2.